The minimum atomic E-state index is -1.17. The van der Waals surface area contributed by atoms with Gasteiger partial charge in [-0.3, -0.25) is 0 Å². The van der Waals surface area contributed by atoms with E-state index >= 15 is 0 Å². The average Bonchev–Trinajstić information content (AvgIpc) is 3.56. The van der Waals surface area contributed by atoms with Crippen molar-refractivity contribution in [2.75, 3.05) is 19.8 Å². The van der Waals surface area contributed by atoms with Crippen LogP contribution in [0.15, 0.2) is 61.2 Å². The van der Waals surface area contributed by atoms with E-state index in [1.807, 2.05) is 38.1 Å². The SMILES string of the molecule is C=CC(=O)OCCCCC[C@H]1CC[C@H](c2ccc(-c3ccc(C4O[C@@H](C(=O)OCCCC)[C@H](C(=O)OCCCC)O4)cc3)cc2)CC1. The summed E-state index contributed by atoms with van der Waals surface area (Å²) >= 11 is 0. The molecule has 0 aromatic heterocycles. The van der Waals surface area contributed by atoms with E-state index in [-0.39, 0.29) is 19.2 Å². The van der Waals surface area contributed by atoms with Crippen LogP contribution in [-0.2, 0) is 38.1 Å². The number of carbonyl (C=O) groups is 3. The van der Waals surface area contributed by atoms with Gasteiger partial charge in [-0.25, -0.2) is 14.4 Å². The largest absolute Gasteiger partial charge is 0.464 e. The van der Waals surface area contributed by atoms with E-state index in [1.54, 1.807) is 0 Å². The molecule has 2 atom stereocenters. The standard InChI is InChI=1S/C39H52O8/c1-4-7-25-44-37(41)35-36(38(42)45-26-8-5-2)47-39(46-35)33-23-21-32(22-24-33)31-19-17-30(18-20-31)29-15-13-28(14-16-29)12-10-9-11-27-43-34(40)6-3/h6,17-24,28-29,35-36,39H,3-5,7-16,25-27H2,1-2H3/t28-,29-,35-,36-/m1/s1. The highest BCUT2D eigenvalue weighted by molar-refractivity contribution is 5.86. The molecule has 47 heavy (non-hydrogen) atoms. The molecule has 0 unspecified atom stereocenters. The van der Waals surface area contributed by atoms with E-state index in [0.717, 1.165) is 55.6 Å². The minimum Gasteiger partial charge on any atom is -0.464 e. The van der Waals surface area contributed by atoms with Crippen LogP contribution in [-0.4, -0.2) is 49.9 Å². The maximum absolute atomic E-state index is 12.8. The van der Waals surface area contributed by atoms with Crippen LogP contribution in [0.1, 0.15) is 114 Å². The van der Waals surface area contributed by atoms with Gasteiger partial charge in [0.25, 0.3) is 0 Å². The lowest BCUT2D eigenvalue weighted by atomic mass is 9.77. The Kier molecular flexibility index (Phi) is 15.0. The van der Waals surface area contributed by atoms with Crippen LogP contribution in [0, 0.1) is 5.92 Å². The summed E-state index contributed by atoms with van der Waals surface area (Å²) in [5.41, 5.74) is 4.30. The second-order valence-electron chi connectivity index (χ2n) is 12.7. The molecular formula is C39H52O8. The van der Waals surface area contributed by atoms with E-state index in [2.05, 4.69) is 30.8 Å². The van der Waals surface area contributed by atoms with Gasteiger partial charge >= 0.3 is 17.9 Å². The number of hydrogen-bond acceptors (Lipinski definition) is 8. The van der Waals surface area contributed by atoms with Gasteiger partial charge in [-0.15, -0.1) is 0 Å². The molecule has 0 bridgehead atoms. The first kappa shape index (κ1) is 36.3. The molecule has 1 heterocycles. The Morgan fingerprint density at radius 2 is 1.19 bits per heavy atom. The van der Waals surface area contributed by atoms with Crippen molar-refractivity contribution in [3.8, 4) is 11.1 Å². The van der Waals surface area contributed by atoms with E-state index in [9.17, 15) is 14.4 Å². The van der Waals surface area contributed by atoms with Gasteiger partial charge in [-0.1, -0.05) is 101 Å². The Morgan fingerprint density at radius 3 is 1.70 bits per heavy atom. The molecule has 1 aliphatic heterocycles. The maximum Gasteiger partial charge on any atom is 0.338 e. The lowest BCUT2D eigenvalue weighted by Gasteiger charge is -2.29. The van der Waals surface area contributed by atoms with Crippen molar-refractivity contribution >= 4 is 17.9 Å². The van der Waals surface area contributed by atoms with Crippen LogP contribution in [0.3, 0.4) is 0 Å². The highest BCUT2D eigenvalue weighted by Gasteiger charge is 2.47. The van der Waals surface area contributed by atoms with E-state index < -0.39 is 30.4 Å². The number of hydrogen-bond donors (Lipinski definition) is 0. The second-order valence-corrected chi connectivity index (χ2v) is 12.7. The molecule has 2 aromatic carbocycles. The summed E-state index contributed by atoms with van der Waals surface area (Å²) in [6.45, 7) is 8.47. The molecule has 1 saturated heterocycles. The molecule has 2 fully saturated rings. The monoisotopic (exact) mass is 648 g/mol. The van der Waals surface area contributed by atoms with E-state index in [4.69, 9.17) is 23.7 Å². The fourth-order valence-electron chi connectivity index (χ4n) is 6.26. The van der Waals surface area contributed by atoms with Gasteiger partial charge in [0.1, 0.15) is 0 Å². The van der Waals surface area contributed by atoms with Gasteiger partial charge in [-0.2, -0.15) is 0 Å². The zero-order valence-corrected chi connectivity index (χ0v) is 28.2. The van der Waals surface area contributed by atoms with Crippen molar-refractivity contribution in [2.45, 2.75) is 115 Å². The molecular weight excluding hydrogens is 596 g/mol. The first-order valence-corrected chi connectivity index (χ1v) is 17.6. The number of carbonyl (C=O) groups excluding carboxylic acids is 3. The van der Waals surface area contributed by atoms with Gasteiger partial charge < -0.3 is 23.7 Å². The molecule has 2 aliphatic rings. The molecule has 1 saturated carbocycles. The molecule has 0 N–H and O–H groups in total. The summed E-state index contributed by atoms with van der Waals surface area (Å²) < 4.78 is 27.7. The van der Waals surface area contributed by atoms with Gasteiger partial charge in [0, 0.05) is 11.6 Å². The Hall–Kier alpha value is -3.49. The summed E-state index contributed by atoms with van der Waals surface area (Å²) in [6.07, 6.45) is 10.6. The number of ether oxygens (including phenoxy) is 5. The summed E-state index contributed by atoms with van der Waals surface area (Å²) in [6, 6.07) is 16.7. The molecule has 0 radical (unpaired) electrons. The van der Waals surface area contributed by atoms with Crippen LogP contribution >= 0.6 is 0 Å². The third kappa shape index (κ3) is 11.0. The average molecular weight is 649 g/mol. The lowest BCUT2D eigenvalue weighted by Crippen LogP contribution is -2.39. The zero-order valence-electron chi connectivity index (χ0n) is 28.2. The summed E-state index contributed by atoms with van der Waals surface area (Å²) in [4.78, 5) is 36.7. The third-order valence-corrected chi connectivity index (χ3v) is 9.18. The molecule has 256 valence electrons. The second kappa shape index (κ2) is 19.4. The lowest BCUT2D eigenvalue weighted by molar-refractivity contribution is -0.163. The predicted octanol–water partition coefficient (Wildman–Crippen LogP) is 8.39. The molecule has 0 spiro atoms. The molecule has 1 aliphatic carbocycles. The highest BCUT2D eigenvalue weighted by atomic mass is 16.8. The zero-order chi connectivity index (χ0) is 33.4. The number of rotatable bonds is 18. The fraction of sp³-hybridized carbons (Fsp3) is 0.564. The quantitative estimate of drug-likeness (QED) is 0.0688. The molecule has 8 nitrogen and oxygen atoms in total. The van der Waals surface area contributed by atoms with Crippen molar-refractivity contribution in [1.29, 1.82) is 0 Å². The van der Waals surface area contributed by atoms with Crippen LogP contribution < -0.4 is 0 Å². The van der Waals surface area contributed by atoms with E-state index in [1.165, 1.54) is 50.2 Å². The van der Waals surface area contributed by atoms with Crippen LogP contribution in [0.25, 0.3) is 11.1 Å². The molecule has 4 rings (SSSR count). The smallest absolute Gasteiger partial charge is 0.338 e. The Bertz CT molecular complexity index is 1230. The van der Waals surface area contributed by atoms with Crippen molar-refractivity contribution in [2.24, 2.45) is 5.92 Å². The molecule has 2 aromatic rings. The Balaban J connectivity index is 1.27. The topological polar surface area (TPSA) is 97.4 Å². The van der Waals surface area contributed by atoms with Crippen molar-refractivity contribution < 1.29 is 38.1 Å². The number of unbranched alkanes of at least 4 members (excludes halogenated alkanes) is 4. The van der Waals surface area contributed by atoms with Crippen molar-refractivity contribution in [1.82, 2.24) is 0 Å². The first-order valence-electron chi connectivity index (χ1n) is 17.6. The van der Waals surface area contributed by atoms with Crippen LogP contribution in [0.2, 0.25) is 0 Å². The predicted molar refractivity (Wildman–Crippen MR) is 180 cm³/mol. The van der Waals surface area contributed by atoms with E-state index in [0.29, 0.717) is 18.1 Å². The van der Waals surface area contributed by atoms with Gasteiger partial charge in [0.2, 0.25) is 0 Å². The Morgan fingerprint density at radius 1 is 0.681 bits per heavy atom. The highest BCUT2D eigenvalue weighted by Crippen LogP contribution is 2.39. The van der Waals surface area contributed by atoms with Gasteiger partial charge in [0.05, 0.1) is 19.8 Å². The maximum atomic E-state index is 12.8. The molecule has 8 heteroatoms. The fourth-order valence-corrected chi connectivity index (χ4v) is 6.26. The number of benzene rings is 2. The molecule has 0 amide bonds. The van der Waals surface area contributed by atoms with Crippen LogP contribution in [0.5, 0.6) is 0 Å². The summed E-state index contributed by atoms with van der Waals surface area (Å²) in [5.74, 6) is -0.167. The first-order chi connectivity index (χ1) is 22.9. The number of esters is 3. The van der Waals surface area contributed by atoms with Crippen molar-refractivity contribution in [3.63, 3.8) is 0 Å². The minimum absolute atomic E-state index is 0.269. The van der Waals surface area contributed by atoms with Gasteiger partial charge in [0.15, 0.2) is 18.5 Å². The Labute approximate surface area is 280 Å². The van der Waals surface area contributed by atoms with Crippen LogP contribution in [0.4, 0.5) is 0 Å². The van der Waals surface area contributed by atoms with Gasteiger partial charge in [-0.05, 0) is 73.5 Å². The summed E-state index contributed by atoms with van der Waals surface area (Å²) in [5, 5.41) is 0. The summed E-state index contributed by atoms with van der Waals surface area (Å²) in [7, 11) is 0. The third-order valence-electron chi connectivity index (χ3n) is 9.18. The normalized spacial score (nSPS) is 21.2. The van der Waals surface area contributed by atoms with Crippen molar-refractivity contribution in [3.05, 3.63) is 72.3 Å².